The first kappa shape index (κ1) is 17.6. The highest BCUT2D eigenvalue weighted by Gasteiger charge is 2.18. The Morgan fingerprint density at radius 2 is 1.86 bits per heavy atom. The van der Waals surface area contributed by atoms with Gasteiger partial charge in [-0.15, -0.1) is 0 Å². The summed E-state index contributed by atoms with van der Waals surface area (Å²) in [5.74, 6) is -0.455. The summed E-state index contributed by atoms with van der Waals surface area (Å²) in [5, 5.41) is 11.7. The Morgan fingerprint density at radius 1 is 1.24 bits per heavy atom. The van der Waals surface area contributed by atoms with Crippen molar-refractivity contribution in [3.63, 3.8) is 0 Å². The largest absolute Gasteiger partial charge is 0.480 e. The van der Waals surface area contributed by atoms with Gasteiger partial charge in [0, 0.05) is 6.42 Å². The molecule has 0 aliphatic carbocycles. The topological polar surface area (TPSA) is 66.4 Å². The van der Waals surface area contributed by atoms with Crippen LogP contribution in [0, 0.1) is 0 Å². The van der Waals surface area contributed by atoms with Gasteiger partial charge in [-0.2, -0.15) is 11.8 Å². The van der Waals surface area contributed by atoms with Gasteiger partial charge in [0.1, 0.15) is 6.04 Å². The number of amides is 1. The van der Waals surface area contributed by atoms with E-state index in [0.29, 0.717) is 19.3 Å². The molecule has 5 heteroatoms. The van der Waals surface area contributed by atoms with Gasteiger partial charge in [-0.1, -0.05) is 31.2 Å². The number of hydrogen-bond acceptors (Lipinski definition) is 3. The predicted molar refractivity (Wildman–Crippen MR) is 86.7 cm³/mol. The van der Waals surface area contributed by atoms with Gasteiger partial charge >= 0.3 is 5.97 Å². The van der Waals surface area contributed by atoms with Crippen LogP contribution in [0.2, 0.25) is 0 Å². The molecule has 2 N–H and O–H groups in total. The van der Waals surface area contributed by atoms with E-state index < -0.39 is 12.0 Å². The van der Waals surface area contributed by atoms with Crippen LogP contribution in [-0.2, 0) is 22.4 Å². The number of carboxylic acid groups (broad SMARTS) is 1. The first-order valence-corrected chi connectivity index (χ1v) is 8.55. The molecule has 116 valence electrons. The molecule has 0 radical (unpaired) electrons. The molecule has 0 saturated carbocycles. The van der Waals surface area contributed by atoms with E-state index in [0.717, 1.165) is 17.7 Å². The second-order valence-electron chi connectivity index (χ2n) is 4.91. The SMILES string of the molecule is CCc1ccc(CCC(=O)N[C@H](CCSC)C(=O)O)cc1. The third-order valence-corrected chi connectivity index (χ3v) is 3.96. The molecule has 0 spiro atoms. The highest BCUT2D eigenvalue weighted by molar-refractivity contribution is 7.98. The van der Waals surface area contributed by atoms with E-state index in [1.807, 2.05) is 18.4 Å². The average molecular weight is 309 g/mol. The van der Waals surface area contributed by atoms with Crippen molar-refractivity contribution < 1.29 is 14.7 Å². The molecule has 0 fully saturated rings. The van der Waals surface area contributed by atoms with E-state index in [2.05, 4.69) is 24.4 Å². The molecule has 0 saturated heterocycles. The minimum Gasteiger partial charge on any atom is -0.480 e. The van der Waals surface area contributed by atoms with Gasteiger partial charge in [0.2, 0.25) is 5.91 Å². The molecule has 4 nitrogen and oxygen atoms in total. The van der Waals surface area contributed by atoms with Crippen molar-refractivity contribution in [3.05, 3.63) is 35.4 Å². The Bertz CT molecular complexity index is 459. The predicted octanol–water partition coefficient (Wildman–Crippen LogP) is 2.50. The fourth-order valence-corrected chi connectivity index (χ4v) is 2.43. The fourth-order valence-electron chi connectivity index (χ4n) is 1.96. The lowest BCUT2D eigenvalue weighted by atomic mass is 10.1. The number of rotatable bonds is 9. The van der Waals surface area contributed by atoms with Crippen molar-refractivity contribution in [3.8, 4) is 0 Å². The van der Waals surface area contributed by atoms with E-state index in [1.54, 1.807) is 11.8 Å². The van der Waals surface area contributed by atoms with Crippen LogP contribution in [0.3, 0.4) is 0 Å². The van der Waals surface area contributed by atoms with Crippen LogP contribution in [-0.4, -0.2) is 35.0 Å². The van der Waals surface area contributed by atoms with Crippen molar-refractivity contribution in [2.24, 2.45) is 0 Å². The molecule has 1 atom stereocenters. The van der Waals surface area contributed by atoms with Gasteiger partial charge < -0.3 is 10.4 Å². The number of nitrogens with one attached hydrogen (secondary N) is 1. The number of aliphatic carboxylic acids is 1. The standard InChI is InChI=1S/C16H23NO3S/c1-3-12-4-6-13(7-5-12)8-9-15(18)17-14(16(19)20)10-11-21-2/h4-7,14H,3,8-11H2,1-2H3,(H,17,18)(H,19,20)/t14-/m1/s1. The number of carbonyl (C=O) groups is 2. The lowest BCUT2D eigenvalue weighted by Gasteiger charge is -2.13. The van der Waals surface area contributed by atoms with Crippen molar-refractivity contribution in [1.82, 2.24) is 5.32 Å². The highest BCUT2D eigenvalue weighted by atomic mass is 32.2. The van der Waals surface area contributed by atoms with Crippen LogP contribution in [0.25, 0.3) is 0 Å². The zero-order valence-corrected chi connectivity index (χ0v) is 13.4. The average Bonchev–Trinajstić information content (AvgIpc) is 2.49. The maximum atomic E-state index is 11.8. The lowest BCUT2D eigenvalue weighted by molar-refractivity contribution is -0.141. The van der Waals surface area contributed by atoms with Gasteiger partial charge in [-0.3, -0.25) is 4.79 Å². The van der Waals surface area contributed by atoms with Gasteiger partial charge in [-0.25, -0.2) is 4.79 Å². The molecule has 0 heterocycles. The summed E-state index contributed by atoms with van der Waals surface area (Å²) in [7, 11) is 0. The zero-order chi connectivity index (χ0) is 15.7. The highest BCUT2D eigenvalue weighted by Crippen LogP contribution is 2.08. The second kappa shape index (κ2) is 9.45. The summed E-state index contributed by atoms with van der Waals surface area (Å²) < 4.78 is 0. The molecule has 1 amide bonds. The third kappa shape index (κ3) is 6.67. The lowest BCUT2D eigenvalue weighted by Crippen LogP contribution is -2.41. The van der Waals surface area contributed by atoms with Crippen molar-refractivity contribution in [1.29, 1.82) is 0 Å². The van der Waals surface area contributed by atoms with E-state index in [4.69, 9.17) is 5.11 Å². The summed E-state index contributed by atoms with van der Waals surface area (Å²) in [6.07, 6.45) is 4.31. The molecule has 0 aliphatic rings. The number of carbonyl (C=O) groups excluding carboxylic acids is 1. The maximum absolute atomic E-state index is 11.8. The normalized spacial score (nSPS) is 11.9. The molecule has 0 aromatic heterocycles. The summed E-state index contributed by atoms with van der Waals surface area (Å²) >= 11 is 1.57. The number of carboxylic acids is 1. The molecule has 1 rings (SSSR count). The molecule has 0 aliphatic heterocycles. The third-order valence-electron chi connectivity index (χ3n) is 3.32. The van der Waals surface area contributed by atoms with E-state index in [-0.39, 0.29) is 5.91 Å². The van der Waals surface area contributed by atoms with Gasteiger partial charge in [0.05, 0.1) is 0 Å². The summed E-state index contributed by atoms with van der Waals surface area (Å²) in [5.41, 5.74) is 2.37. The minimum absolute atomic E-state index is 0.205. The van der Waals surface area contributed by atoms with Gasteiger partial charge in [0.25, 0.3) is 0 Å². The molecular weight excluding hydrogens is 286 g/mol. The van der Waals surface area contributed by atoms with Crippen molar-refractivity contribution >= 4 is 23.6 Å². The van der Waals surface area contributed by atoms with Gasteiger partial charge in [-0.05, 0) is 42.4 Å². The van der Waals surface area contributed by atoms with Crippen molar-refractivity contribution in [2.75, 3.05) is 12.0 Å². The van der Waals surface area contributed by atoms with Crippen LogP contribution >= 0.6 is 11.8 Å². The number of benzene rings is 1. The summed E-state index contributed by atoms with van der Waals surface area (Å²) in [6.45, 7) is 2.10. The molecule has 1 aromatic rings. The second-order valence-corrected chi connectivity index (χ2v) is 5.90. The first-order valence-electron chi connectivity index (χ1n) is 7.15. The fraction of sp³-hybridized carbons (Fsp3) is 0.500. The van der Waals surface area contributed by atoms with Crippen LogP contribution in [0.15, 0.2) is 24.3 Å². The minimum atomic E-state index is -0.968. The number of hydrogen-bond donors (Lipinski definition) is 2. The quantitative estimate of drug-likeness (QED) is 0.735. The Morgan fingerprint density at radius 3 is 2.38 bits per heavy atom. The van der Waals surface area contributed by atoms with Crippen molar-refractivity contribution in [2.45, 2.75) is 38.6 Å². The molecule has 21 heavy (non-hydrogen) atoms. The van der Waals surface area contributed by atoms with E-state index >= 15 is 0 Å². The monoisotopic (exact) mass is 309 g/mol. The maximum Gasteiger partial charge on any atom is 0.326 e. The molecule has 1 aromatic carbocycles. The van der Waals surface area contributed by atoms with E-state index in [9.17, 15) is 9.59 Å². The van der Waals surface area contributed by atoms with Crippen LogP contribution in [0.5, 0.6) is 0 Å². The summed E-state index contributed by atoms with van der Waals surface area (Å²) in [6, 6.07) is 7.38. The van der Waals surface area contributed by atoms with Crippen LogP contribution < -0.4 is 5.32 Å². The zero-order valence-electron chi connectivity index (χ0n) is 12.6. The first-order chi connectivity index (χ1) is 10.1. The molecule has 0 bridgehead atoms. The Hall–Kier alpha value is -1.49. The van der Waals surface area contributed by atoms with E-state index in [1.165, 1.54) is 5.56 Å². The van der Waals surface area contributed by atoms with Gasteiger partial charge in [0.15, 0.2) is 0 Å². The smallest absolute Gasteiger partial charge is 0.326 e. The Kier molecular flexibility index (Phi) is 7.90. The molecule has 0 unspecified atom stereocenters. The number of aryl methyl sites for hydroxylation is 2. The van der Waals surface area contributed by atoms with Crippen LogP contribution in [0.1, 0.15) is 30.9 Å². The van der Waals surface area contributed by atoms with Crippen LogP contribution in [0.4, 0.5) is 0 Å². The Labute approximate surface area is 130 Å². The molecular formula is C16H23NO3S. The number of thioether (sulfide) groups is 1. The Balaban J connectivity index is 2.42. The summed E-state index contributed by atoms with van der Waals surface area (Å²) in [4.78, 5) is 22.9.